The summed E-state index contributed by atoms with van der Waals surface area (Å²) in [6, 6.07) is 10.0. The summed E-state index contributed by atoms with van der Waals surface area (Å²) in [7, 11) is 3.23. The number of methoxy groups -OCH3 is 2. The molecular formula is C22H21N5O3S3. The fraction of sp³-hybridized carbons (Fsp3) is 0.273. The third-order valence-electron chi connectivity index (χ3n) is 5.08. The van der Waals surface area contributed by atoms with Gasteiger partial charge >= 0.3 is 0 Å². The van der Waals surface area contributed by atoms with Gasteiger partial charge in [-0.05, 0) is 42.5 Å². The number of aromatic nitrogens is 4. The SMILES string of the molecule is COc1ccc(OC)c(-c2csc(NC(=O)CSc3nnc(-c4cccs4)n3C3CC3)n2)c1. The number of hydrogen-bond acceptors (Lipinski definition) is 9. The van der Waals surface area contributed by atoms with E-state index >= 15 is 0 Å². The van der Waals surface area contributed by atoms with Gasteiger partial charge in [-0.25, -0.2) is 4.98 Å². The number of thiazole rings is 1. The fourth-order valence-electron chi connectivity index (χ4n) is 3.37. The number of anilines is 1. The molecule has 0 atom stereocenters. The maximum absolute atomic E-state index is 12.6. The van der Waals surface area contributed by atoms with E-state index in [1.807, 2.05) is 41.1 Å². The standard InChI is InChI=1S/C22H21N5O3S3/c1-29-14-7-8-17(30-2)15(10-14)16-11-32-21(23-16)24-19(28)12-33-22-26-25-20(18-4-3-9-31-18)27(22)13-5-6-13/h3-4,7-11,13H,5-6,12H2,1-2H3,(H,23,24,28). The van der Waals surface area contributed by atoms with Gasteiger partial charge in [0.2, 0.25) is 5.91 Å². The Labute approximate surface area is 203 Å². The van der Waals surface area contributed by atoms with E-state index in [0.717, 1.165) is 34.3 Å². The lowest BCUT2D eigenvalue weighted by molar-refractivity contribution is -0.113. The van der Waals surface area contributed by atoms with Crippen LogP contribution in [0.5, 0.6) is 11.5 Å². The first kappa shape index (κ1) is 21.9. The molecule has 5 rings (SSSR count). The number of thioether (sulfide) groups is 1. The maximum atomic E-state index is 12.6. The summed E-state index contributed by atoms with van der Waals surface area (Å²) < 4.78 is 12.9. The van der Waals surface area contributed by atoms with Crippen LogP contribution in [0, 0.1) is 0 Å². The van der Waals surface area contributed by atoms with Gasteiger partial charge in [0.25, 0.3) is 0 Å². The van der Waals surface area contributed by atoms with Crippen LogP contribution >= 0.6 is 34.4 Å². The largest absolute Gasteiger partial charge is 0.497 e. The predicted molar refractivity (Wildman–Crippen MR) is 132 cm³/mol. The molecule has 0 bridgehead atoms. The lowest BCUT2D eigenvalue weighted by Crippen LogP contribution is -2.14. The van der Waals surface area contributed by atoms with Crippen LogP contribution in [0.2, 0.25) is 0 Å². The Bertz CT molecular complexity index is 1260. The molecule has 1 fully saturated rings. The van der Waals surface area contributed by atoms with Crippen molar-refractivity contribution in [3.63, 3.8) is 0 Å². The third kappa shape index (κ3) is 4.75. The Morgan fingerprint density at radius 3 is 2.82 bits per heavy atom. The summed E-state index contributed by atoms with van der Waals surface area (Å²) in [5.74, 6) is 2.37. The van der Waals surface area contributed by atoms with Crippen LogP contribution in [0.1, 0.15) is 18.9 Å². The van der Waals surface area contributed by atoms with Gasteiger partial charge in [0.1, 0.15) is 11.5 Å². The molecule has 0 saturated heterocycles. The molecule has 170 valence electrons. The van der Waals surface area contributed by atoms with Crippen molar-refractivity contribution >= 4 is 45.5 Å². The molecule has 1 N–H and O–H groups in total. The number of rotatable bonds is 9. The van der Waals surface area contributed by atoms with Crippen LogP contribution in [0.25, 0.3) is 22.0 Å². The van der Waals surface area contributed by atoms with Crippen molar-refractivity contribution in [1.82, 2.24) is 19.7 Å². The van der Waals surface area contributed by atoms with Gasteiger partial charge in [-0.3, -0.25) is 9.36 Å². The first-order valence-electron chi connectivity index (χ1n) is 10.3. The predicted octanol–water partition coefficient (Wildman–Crippen LogP) is 5.21. The van der Waals surface area contributed by atoms with Crippen molar-refractivity contribution in [2.45, 2.75) is 24.0 Å². The van der Waals surface area contributed by atoms with Crippen LogP contribution in [0.4, 0.5) is 5.13 Å². The van der Waals surface area contributed by atoms with Crippen molar-refractivity contribution in [2.24, 2.45) is 0 Å². The number of nitrogens with zero attached hydrogens (tertiary/aromatic N) is 4. The average Bonchev–Trinajstić information content (AvgIpc) is 3.22. The minimum atomic E-state index is -0.137. The fourth-order valence-corrected chi connectivity index (χ4v) is 5.60. The van der Waals surface area contributed by atoms with E-state index in [9.17, 15) is 4.79 Å². The van der Waals surface area contributed by atoms with E-state index < -0.39 is 0 Å². The molecule has 1 amide bonds. The van der Waals surface area contributed by atoms with Gasteiger partial charge in [-0.1, -0.05) is 17.8 Å². The molecule has 0 radical (unpaired) electrons. The highest BCUT2D eigenvalue weighted by atomic mass is 32.2. The molecule has 3 aromatic heterocycles. The molecule has 4 aromatic rings. The second kappa shape index (κ2) is 9.54. The second-order valence-corrected chi connectivity index (χ2v) is 10.1. The first-order chi connectivity index (χ1) is 16.2. The number of carbonyl (C=O) groups is 1. The van der Waals surface area contributed by atoms with Gasteiger partial charge in [0, 0.05) is 17.0 Å². The minimum Gasteiger partial charge on any atom is -0.497 e. The van der Waals surface area contributed by atoms with Gasteiger partial charge in [-0.15, -0.1) is 32.9 Å². The monoisotopic (exact) mass is 499 g/mol. The lowest BCUT2D eigenvalue weighted by atomic mass is 10.1. The van der Waals surface area contributed by atoms with Crippen LogP contribution < -0.4 is 14.8 Å². The van der Waals surface area contributed by atoms with Gasteiger partial charge in [0.05, 0.1) is 30.5 Å². The van der Waals surface area contributed by atoms with Crippen LogP contribution in [0.3, 0.4) is 0 Å². The zero-order chi connectivity index (χ0) is 22.8. The average molecular weight is 500 g/mol. The summed E-state index contributed by atoms with van der Waals surface area (Å²) in [5, 5.41) is 16.9. The quantitative estimate of drug-likeness (QED) is 0.316. The molecule has 0 spiro atoms. The number of carbonyl (C=O) groups excluding carboxylic acids is 1. The Morgan fingerprint density at radius 2 is 2.09 bits per heavy atom. The van der Waals surface area contributed by atoms with Gasteiger partial charge in [0.15, 0.2) is 16.1 Å². The molecule has 1 aliphatic carbocycles. The molecule has 8 nitrogen and oxygen atoms in total. The normalized spacial score (nSPS) is 13.2. The van der Waals surface area contributed by atoms with E-state index in [2.05, 4.69) is 25.1 Å². The molecule has 1 aromatic carbocycles. The number of benzene rings is 1. The van der Waals surface area contributed by atoms with Crippen molar-refractivity contribution in [3.8, 4) is 33.5 Å². The Morgan fingerprint density at radius 1 is 1.21 bits per heavy atom. The zero-order valence-corrected chi connectivity index (χ0v) is 20.4. The second-order valence-electron chi connectivity index (χ2n) is 7.33. The van der Waals surface area contributed by atoms with Gasteiger partial charge < -0.3 is 14.8 Å². The van der Waals surface area contributed by atoms with Crippen molar-refractivity contribution in [1.29, 1.82) is 0 Å². The highest BCUT2D eigenvalue weighted by molar-refractivity contribution is 7.99. The Hall–Kier alpha value is -2.89. The molecule has 33 heavy (non-hydrogen) atoms. The molecule has 1 aliphatic rings. The number of thiophene rings is 1. The summed E-state index contributed by atoms with van der Waals surface area (Å²) >= 11 is 4.41. The van der Waals surface area contributed by atoms with Crippen molar-refractivity contribution in [2.75, 3.05) is 25.3 Å². The molecule has 11 heteroatoms. The zero-order valence-electron chi connectivity index (χ0n) is 18.0. The number of amides is 1. The highest BCUT2D eigenvalue weighted by Gasteiger charge is 2.30. The first-order valence-corrected chi connectivity index (χ1v) is 13.0. The maximum Gasteiger partial charge on any atom is 0.236 e. The van der Waals surface area contributed by atoms with Crippen LogP contribution in [0.15, 0.2) is 46.2 Å². The highest BCUT2D eigenvalue weighted by Crippen LogP contribution is 2.42. The van der Waals surface area contributed by atoms with Crippen molar-refractivity contribution < 1.29 is 14.3 Å². The Balaban J connectivity index is 1.26. The summed E-state index contributed by atoms with van der Waals surface area (Å²) in [6.45, 7) is 0. The van der Waals surface area contributed by atoms with E-state index in [-0.39, 0.29) is 11.7 Å². The number of nitrogens with one attached hydrogen (secondary N) is 1. The topological polar surface area (TPSA) is 91.2 Å². The molecule has 0 aliphatic heterocycles. The van der Waals surface area contributed by atoms with Gasteiger partial charge in [-0.2, -0.15) is 0 Å². The van der Waals surface area contributed by atoms with Crippen LogP contribution in [-0.4, -0.2) is 45.6 Å². The molecular weight excluding hydrogens is 478 g/mol. The number of hydrogen-bond donors (Lipinski definition) is 1. The minimum absolute atomic E-state index is 0.137. The smallest absolute Gasteiger partial charge is 0.236 e. The lowest BCUT2D eigenvalue weighted by Gasteiger charge is -2.08. The van der Waals surface area contributed by atoms with E-state index in [4.69, 9.17) is 9.47 Å². The third-order valence-corrected chi connectivity index (χ3v) is 7.65. The molecule has 1 saturated carbocycles. The van der Waals surface area contributed by atoms with E-state index in [0.29, 0.717) is 28.4 Å². The summed E-state index contributed by atoms with van der Waals surface area (Å²) in [6.07, 6.45) is 2.23. The van der Waals surface area contributed by atoms with E-state index in [1.54, 1.807) is 25.6 Å². The van der Waals surface area contributed by atoms with Crippen LogP contribution in [-0.2, 0) is 4.79 Å². The molecule has 3 heterocycles. The van der Waals surface area contributed by atoms with E-state index in [1.165, 1.54) is 23.1 Å². The summed E-state index contributed by atoms with van der Waals surface area (Å²) in [5.41, 5.74) is 1.52. The Kier molecular flexibility index (Phi) is 6.34. The molecule has 0 unspecified atom stereocenters. The summed E-state index contributed by atoms with van der Waals surface area (Å²) in [4.78, 5) is 18.3. The van der Waals surface area contributed by atoms with Crippen molar-refractivity contribution in [3.05, 3.63) is 41.1 Å². The number of ether oxygens (including phenoxy) is 2.